The molecule has 0 radical (unpaired) electrons. The lowest BCUT2D eigenvalue weighted by atomic mass is 10.2. The first kappa shape index (κ1) is 16.5. The molecule has 3 rings (SSSR count). The highest BCUT2D eigenvalue weighted by Gasteiger charge is 2.30. The second-order valence-electron chi connectivity index (χ2n) is 5.06. The molecule has 5 nitrogen and oxygen atoms in total. The molecule has 1 N–H and O–H groups in total. The Kier molecular flexibility index (Phi) is 5.67. The van der Waals surface area contributed by atoms with E-state index in [0.717, 1.165) is 29.5 Å². The first-order valence-corrected chi connectivity index (χ1v) is 9.91. The third-order valence-electron chi connectivity index (χ3n) is 3.52. The first-order valence-electron chi connectivity index (χ1n) is 7.23. The number of nitrogens with zero attached hydrogens (tertiary/aromatic N) is 3. The van der Waals surface area contributed by atoms with E-state index >= 15 is 0 Å². The Morgan fingerprint density at radius 1 is 1.57 bits per heavy atom. The highest BCUT2D eigenvalue weighted by Crippen LogP contribution is 2.30. The van der Waals surface area contributed by atoms with Crippen LogP contribution in [0.25, 0.3) is 0 Å². The molecule has 23 heavy (non-hydrogen) atoms. The predicted octanol–water partition coefficient (Wildman–Crippen LogP) is 2.93. The summed E-state index contributed by atoms with van der Waals surface area (Å²) >= 11 is 4.77. The number of nitrogens with one attached hydrogen (secondary N) is 1. The van der Waals surface area contributed by atoms with Crippen LogP contribution < -0.4 is 5.32 Å². The molecular formula is C15H16N4OS3. The lowest BCUT2D eigenvalue weighted by molar-refractivity contribution is -0.120. The minimum atomic E-state index is -0.155. The number of carbonyl (C=O) groups is 1. The SMILES string of the molecule is C#CCN1CCC[C@H]1C(=O)Nc1nnc(SCc2cccs2)s1. The maximum Gasteiger partial charge on any atom is 0.243 e. The molecule has 1 saturated heterocycles. The van der Waals surface area contributed by atoms with Crippen LogP contribution in [0.1, 0.15) is 17.7 Å². The Morgan fingerprint density at radius 3 is 3.26 bits per heavy atom. The maximum atomic E-state index is 12.4. The molecule has 1 fully saturated rings. The highest BCUT2D eigenvalue weighted by atomic mass is 32.2. The van der Waals surface area contributed by atoms with E-state index in [9.17, 15) is 4.79 Å². The molecule has 0 bridgehead atoms. The van der Waals surface area contributed by atoms with E-state index in [4.69, 9.17) is 6.42 Å². The first-order chi connectivity index (χ1) is 11.3. The molecule has 1 amide bonds. The summed E-state index contributed by atoms with van der Waals surface area (Å²) in [6, 6.07) is 3.98. The largest absolute Gasteiger partial charge is 0.299 e. The van der Waals surface area contributed by atoms with Gasteiger partial charge in [-0.1, -0.05) is 35.1 Å². The molecule has 0 saturated carbocycles. The van der Waals surface area contributed by atoms with Crippen LogP contribution in [0.3, 0.4) is 0 Å². The van der Waals surface area contributed by atoms with Gasteiger partial charge in [0.15, 0.2) is 4.34 Å². The van der Waals surface area contributed by atoms with Crippen molar-refractivity contribution in [3.63, 3.8) is 0 Å². The number of amides is 1. The molecule has 1 aliphatic heterocycles. The number of rotatable bonds is 6. The monoisotopic (exact) mass is 364 g/mol. The number of aromatic nitrogens is 2. The number of thioether (sulfide) groups is 1. The van der Waals surface area contributed by atoms with Gasteiger partial charge in [-0.2, -0.15) is 0 Å². The van der Waals surface area contributed by atoms with Crippen molar-refractivity contribution in [3.05, 3.63) is 22.4 Å². The van der Waals surface area contributed by atoms with Gasteiger partial charge < -0.3 is 0 Å². The van der Waals surface area contributed by atoms with Gasteiger partial charge in [-0.25, -0.2) is 0 Å². The molecule has 8 heteroatoms. The van der Waals surface area contributed by atoms with Crippen molar-refractivity contribution < 1.29 is 4.79 Å². The minimum absolute atomic E-state index is 0.0382. The van der Waals surface area contributed by atoms with Crippen molar-refractivity contribution >= 4 is 45.5 Å². The quantitative estimate of drug-likeness (QED) is 0.485. The summed E-state index contributed by atoms with van der Waals surface area (Å²) in [6.07, 6.45) is 7.19. The van der Waals surface area contributed by atoms with Crippen LogP contribution in [0, 0.1) is 12.3 Å². The van der Waals surface area contributed by atoms with E-state index in [2.05, 4.69) is 32.9 Å². The van der Waals surface area contributed by atoms with Crippen molar-refractivity contribution in [2.75, 3.05) is 18.4 Å². The fraction of sp³-hybridized carbons (Fsp3) is 0.400. The van der Waals surface area contributed by atoms with Crippen LogP contribution in [0.15, 0.2) is 21.9 Å². The summed E-state index contributed by atoms with van der Waals surface area (Å²) in [5, 5.41) is 13.7. The van der Waals surface area contributed by atoms with Gasteiger partial charge in [0.1, 0.15) is 0 Å². The van der Waals surface area contributed by atoms with Gasteiger partial charge in [-0.3, -0.25) is 15.0 Å². The van der Waals surface area contributed by atoms with Crippen LogP contribution >= 0.6 is 34.4 Å². The smallest absolute Gasteiger partial charge is 0.243 e. The molecule has 0 unspecified atom stereocenters. The molecule has 0 aliphatic carbocycles. The van der Waals surface area contributed by atoms with E-state index in [-0.39, 0.29) is 11.9 Å². The van der Waals surface area contributed by atoms with E-state index in [1.54, 1.807) is 23.1 Å². The minimum Gasteiger partial charge on any atom is -0.299 e. The van der Waals surface area contributed by atoms with Gasteiger partial charge in [-0.05, 0) is 30.8 Å². The number of terminal acetylenes is 1. The Morgan fingerprint density at radius 2 is 2.48 bits per heavy atom. The average Bonchev–Trinajstić information content (AvgIpc) is 3.27. The fourth-order valence-corrected chi connectivity index (χ4v) is 4.99. The molecule has 0 spiro atoms. The Balaban J connectivity index is 1.54. The molecular weight excluding hydrogens is 348 g/mol. The fourth-order valence-electron chi connectivity index (χ4n) is 2.46. The maximum absolute atomic E-state index is 12.4. The zero-order valence-corrected chi connectivity index (χ0v) is 14.8. The van der Waals surface area contributed by atoms with Crippen LogP contribution in [0.4, 0.5) is 5.13 Å². The number of thiophene rings is 1. The van der Waals surface area contributed by atoms with Crippen molar-refractivity contribution in [1.29, 1.82) is 0 Å². The number of carbonyl (C=O) groups excluding carboxylic acids is 1. The van der Waals surface area contributed by atoms with Crippen molar-refractivity contribution in [3.8, 4) is 12.3 Å². The van der Waals surface area contributed by atoms with Gasteiger partial charge in [0.05, 0.1) is 12.6 Å². The molecule has 2 aromatic heterocycles. The molecule has 120 valence electrons. The third kappa shape index (κ3) is 4.32. The average molecular weight is 365 g/mol. The summed E-state index contributed by atoms with van der Waals surface area (Å²) in [4.78, 5) is 15.7. The third-order valence-corrected chi connectivity index (χ3v) is 6.60. The number of hydrogen-bond donors (Lipinski definition) is 1. The Labute approximate surface area is 147 Å². The number of likely N-dealkylation sites (tertiary alicyclic amines) is 1. The Bertz CT molecular complexity index is 692. The zero-order valence-electron chi connectivity index (χ0n) is 12.4. The summed E-state index contributed by atoms with van der Waals surface area (Å²) in [5.74, 6) is 3.45. The predicted molar refractivity (Wildman–Crippen MR) is 95.8 cm³/mol. The normalized spacial score (nSPS) is 18.0. The molecule has 1 aliphatic rings. The number of anilines is 1. The molecule has 1 atom stereocenters. The summed E-state index contributed by atoms with van der Waals surface area (Å²) < 4.78 is 0.862. The van der Waals surface area contributed by atoms with Gasteiger partial charge in [0, 0.05) is 10.6 Å². The van der Waals surface area contributed by atoms with Gasteiger partial charge in [0.25, 0.3) is 0 Å². The standard InChI is InChI=1S/C15H16N4OS3/c1-2-7-19-8-3-6-12(19)13(20)16-14-17-18-15(23-14)22-10-11-5-4-9-21-11/h1,4-5,9,12H,3,6-8,10H2,(H,16,17,20)/t12-/m0/s1. The van der Waals surface area contributed by atoms with Gasteiger partial charge in [-0.15, -0.1) is 28.0 Å². The molecule has 3 heterocycles. The van der Waals surface area contributed by atoms with Crippen molar-refractivity contribution in [1.82, 2.24) is 15.1 Å². The van der Waals surface area contributed by atoms with E-state index in [0.29, 0.717) is 11.7 Å². The zero-order chi connectivity index (χ0) is 16.1. The van der Waals surface area contributed by atoms with Crippen molar-refractivity contribution in [2.24, 2.45) is 0 Å². The highest BCUT2D eigenvalue weighted by molar-refractivity contribution is 8.00. The van der Waals surface area contributed by atoms with Crippen LogP contribution in [-0.4, -0.2) is 40.1 Å². The summed E-state index contributed by atoms with van der Waals surface area (Å²) in [6.45, 7) is 1.39. The van der Waals surface area contributed by atoms with Crippen LogP contribution in [0.5, 0.6) is 0 Å². The van der Waals surface area contributed by atoms with E-state index < -0.39 is 0 Å². The number of hydrogen-bond acceptors (Lipinski definition) is 7. The van der Waals surface area contributed by atoms with Crippen molar-refractivity contribution in [2.45, 2.75) is 29.0 Å². The van der Waals surface area contributed by atoms with E-state index in [1.807, 2.05) is 11.0 Å². The summed E-state index contributed by atoms with van der Waals surface area (Å²) in [5.41, 5.74) is 0. The Hall–Kier alpha value is -1.40. The van der Waals surface area contributed by atoms with Gasteiger partial charge in [0.2, 0.25) is 11.0 Å². The van der Waals surface area contributed by atoms with Gasteiger partial charge >= 0.3 is 0 Å². The second-order valence-corrected chi connectivity index (χ2v) is 8.30. The second kappa shape index (κ2) is 7.93. The molecule has 2 aromatic rings. The van der Waals surface area contributed by atoms with E-state index in [1.165, 1.54) is 16.2 Å². The van der Waals surface area contributed by atoms with Crippen LogP contribution in [-0.2, 0) is 10.5 Å². The topological polar surface area (TPSA) is 58.1 Å². The lowest BCUT2D eigenvalue weighted by Gasteiger charge is -2.20. The lowest BCUT2D eigenvalue weighted by Crippen LogP contribution is -2.39. The summed E-state index contributed by atoms with van der Waals surface area (Å²) in [7, 11) is 0. The van der Waals surface area contributed by atoms with Crippen LogP contribution in [0.2, 0.25) is 0 Å². The molecule has 0 aromatic carbocycles.